The predicted molar refractivity (Wildman–Crippen MR) is 245 cm³/mol. The normalized spacial score (nSPS) is 14.2. The zero-order valence-electron chi connectivity index (χ0n) is 34.1. The topological polar surface area (TPSA) is 6.48 Å². The van der Waals surface area contributed by atoms with Crippen LogP contribution in [0.3, 0.4) is 0 Å². The molecule has 280 valence electrons. The molecule has 0 spiro atoms. The highest BCUT2D eigenvalue weighted by atomic mass is 15.2. The van der Waals surface area contributed by atoms with Gasteiger partial charge in [0, 0.05) is 39.2 Å². The Bertz CT molecular complexity index is 2660. The van der Waals surface area contributed by atoms with E-state index in [4.69, 9.17) is 0 Å². The van der Waals surface area contributed by atoms with Gasteiger partial charge in [-0.25, -0.2) is 0 Å². The number of hydrogen-bond acceptors (Lipinski definition) is 2. The van der Waals surface area contributed by atoms with Crippen molar-refractivity contribution in [3.63, 3.8) is 0 Å². The maximum Gasteiger partial charge on any atom is 0.333 e. The molecule has 7 aromatic rings. The fraction of sp³-hybridized carbons (Fsp3) is 0.222. The summed E-state index contributed by atoms with van der Waals surface area (Å²) in [5, 5.41) is 0. The fourth-order valence-corrected chi connectivity index (χ4v) is 10.2. The molecule has 0 N–H and O–H groups in total. The quantitative estimate of drug-likeness (QED) is 0.136. The molecule has 0 amide bonds. The van der Waals surface area contributed by atoms with Crippen molar-refractivity contribution in [2.75, 3.05) is 9.71 Å². The van der Waals surface area contributed by atoms with Gasteiger partial charge in [0.15, 0.2) is 0 Å². The number of rotatable bonds is 9. The van der Waals surface area contributed by atoms with E-state index in [0.29, 0.717) is 0 Å². The molecule has 0 fully saturated rings. The lowest BCUT2D eigenvalue weighted by Crippen LogP contribution is -2.61. The molecule has 0 saturated heterocycles. The van der Waals surface area contributed by atoms with Gasteiger partial charge in [-0.3, -0.25) is 0 Å². The van der Waals surface area contributed by atoms with Crippen molar-refractivity contribution >= 4 is 46.2 Å². The van der Waals surface area contributed by atoms with E-state index >= 15 is 0 Å². The van der Waals surface area contributed by atoms with Crippen LogP contribution >= 0.6 is 0 Å². The summed E-state index contributed by atoms with van der Waals surface area (Å²) in [5.74, 6) is 0. The van der Waals surface area contributed by atoms with Gasteiger partial charge < -0.3 is 9.71 Å². The van der Waals surface area contributed by atoms with E-state index in [2.05, 4.69) is 190 Å². The van der Waals surface area contributed by atoms with Crippen LogP contribution in [0, 0.1) is 6.92 Å². The summed E-state index contributed by atoms with van der Waals surface area (Å²) in [5.41, 5.74) is 23.7. The molecule has 0 atom stereocenters. The fourth-order valence-electron chi connectivity index (χ4n) is 10.2. The van der Waals surface area contributed by atoms with Gasteiger partial charge in [0.2, 0.25) is 0 Å². The first-order chi connectivity index (χ1) is 27.9. The van der Waals surface area contributed by atoms with Gasteiger partial charge in [-0.1, -0.05) is 150 Å². The number of aryl methyl sites for hydroxylation is 3. The molecular weight excluding hydrogens is 687 g/mol. The van der Waals surface area contributed by atoms with Crippen LogP contribution < -0.4 is 20.6 Å². The molecule has 1 aliphatic carbocycles. The van der Waals surface area contributed by atoms with Crippen molar-refractivity contribution in [2.45, 2.75) is 78.6 Å². The number of fused-ring (bicyclic) bond motifs is 8. The van der Waals surface area contributed by atoms with E-state index in [0.717, 1.165) is 12.8 Å². The average Bonchev–Trinajstić information content (AvgIpc) is 3.48. The highest BCUT2D eigenvalue weighted by molar-refractivity contribution is 6.93. The molecule has 10 rings (SSSR count). The van der Waals surface area contributed by atoms with Crippen molar-refractivity contribution < 1.29 is 0 Å². The number of benzene rings is 7. The smallest absolute Gasteiger partial charge is 0.333 e. The van der Waals surface area contributed by atoms with Gasteiger partial charge in [0.05, 0.1) is 11.4 Å². The molecule has 0 bridgehead atoms. The van der Waals surface area contributed by atoms with Crippen LogP contribution in [0.25, 0.3) is 33.4 Å². The second kappa shape index (κ2) is 14.0. The van der Waals surface area contributed by atoms with Crippen LogP contribution in [0.1, 0.15) is 81.2 Å². The van der Waals surface area contributed by atoms with Gasteiger partial charge in [0.25, 0.3) is 0 Å². The lowest BCUT2D eigenvalue weighted by atomic mass is 9.43. The van der Waals surface area contributed by atoms with Gasteiger partial charge in [0.1, 0.15) is 0 Å². The monoisotopic (exact) mass is 738 g/mol. The van der Waals surface area contributed by atoms with E-state index in [1.807, 2.05) is 0 Å². The molecule has 2 aliphatic heterocycles. The van der Waals surface area contributed by atoms with E-state index < -0.39 is 0 Å². The summed E-state index contributed by atoms with van der Waals surface area (Å²) in [7, 11) is 0. The minimum atomic E-state index is -0.136. The molecule has 3 heteroatoms. The van der Waals surface area contributed by atoms with Gasteiger partial charge >= 0.3 is 6.85 Å². The third-order valence-electron chi connectivity index (χ3n) is 13.0. The maximum absolute atomic E-state index is 2.68. The molecule has 57 heavy (non-hydrogen) atoms. The molecule has 2 nitrogen and oxygen atoms in total. The Balaban J connectivity index is 1.34. The molecule has 2 heterocycles. The molecule has 0 aromatic heterocycles. The summed E-state index contributed by atoms with van der Waals surface area (Å²) >= 11 is 0. The first-order valence-electron chi connectivity index (χ1n) is 21.3. The highest BCUT2D eigenvalue weighted by Crippen LogP contribution is 2.57. The van der Waals surface area contributed by atoms with E-state index in [-0.39, 0.29) is 12.3 Å². The Morgan fingerprint density at radius 3 is 1.98 bits per heavy atom. The lowest BCUT2D eigenvalue weighted by molar-refractivity contribution is 0.660. The number of anilines is 5. The Kier molecular flexibility index (Phi) is 8.74. The molecule has 7 aromatic carbocycles. The second-order valence-electron chi connectivity index (χ2n) is 17.1. The molecule has 3 aliphatic rings. The van der Waals surface area contributed by atoms with Gasteiger partial charge in [-0.2, -0.15) is 0 Å². The van der Waals surface area contributed by atoms with E-state index in [1.165, 1.54) is 126 Å². The molecular formula is C54H51BN2. The third kappa shape index (κ3) is 5.61. The van der Waals surface area contributed by atoms with Crippen LogP contribution in [0.2, 0.25) is 0 Å². The second-order valence-corrected chi connectivity index (χ2v) is 17.1. The zero-order chi connectivity index (χ0) is 38.8. The lowest BCUT2D eigenvalue weighted by Gasteiger charge is -2.47. The number of hydrogen-bond donors (Lipinski definition) is 0. The number of para-hydroxylation sites is 1. The Morgan fingerprint density at radius 1 is 0.544 bits per heavy atom. The van der Waals surface area contributed by atoms with Crippen LogP contribution in [-0.2, 0) is 18.3 Å². The maximum atomic E-state index is 2.68. The first-order valence-corrected chi connectivity index (χ1v) is 21.3. The van der Waals surface area contributed by atoms with E-state index in [9.17, 15) is 0 Å². The summed E-state index contributed by atoms with van der Waals surface area (Å²) in [4.78, 5) is 5.36. The zero-order valence-corrected chi connectivity index (χ0v) is 34.1. The summed E-state index contributed by atoms with van der Waals surface area (Å²) in [6.07, 6.45) is 6.90. The highest BCUT2D eigenvalue weighted by Gasteiger charge is 2.48. The van der Waals surface area contributed by atoms with Gasteiger partial charge in [-0.05, 0) is 124 Å². The van der Waals surface area contributed by atoms with Crippen molar-refractivity contribution in [1.29, 1.82) is 0 Å². The summed E-state index contributed by atoms with van der Waals surface area (Å²) in [6, 6.07) is 55.9. The van der Waals surface area contributed by atoms with E-state index in [1.54, 1.807) is 0 Å². The van der Waals surface area contributed by atoms with Crippen LogP contribution in [-0.4, -0.2) is 6.85 Å². The van der Waals surface area contributed by atoms with Crippen molar-refractivity contribution in [3.8, 4) is 33.4 Å². The SMILES string of the molecule is CCCCc1ccc(N2c3cc(C)cc4c3B(c3ccc5c(c32)-c2ccccc2C5(C)C)N(c2ccccc2)c2cc(CCCC)ccc2-4)c(-c2ccccc2)c1. The minimum Gasteiger partial charge on any atom is -0.376 e. The van der Waals surface area contributed by atoms with Gasteiger partial charge in [-0.15, -0.1) is 0 Å². The number of nitrogens with zero attached hydrogens (tertiary/aromatic N) is 2. The Hall–Kier alpha value is -5.80. The minimum absolute atomic E-state index is 0.0247. The van der Waals surface area contributed by atoms with Crippen LogP contribution in [0.5, 0.6) is 0 Å². The van der Waals surface area contributed by atoms with Crippen molar-refractivity contribution in [3.05, 3.63) is 173 Å². The molecule has 0 saturated carbocycles. The predicted octanol–water partition coefficient (Wildman–Crippen LogP) is 13.4. The van der Waals surface area contributed by atoms with Crippen molar-refractivity contribution in [1.82, 2.24) is 0 Å². The Labute approximate surface area is 340 Å². The standard InChI is InChI=1S/C54H51BN2/c1-6-8-18-37-27-31-48(43(34-37)39-20-12-10-13-21-39)56-50-33-36(3)32-44-41-28-26-38(19-9-7-2)35-49(41)57(40-22-14-11-15-23-40)55(52(44)50)47-30-29-46-51(53(47)56)42-24-16-17-25-45(42)54(46,4)5/h10-17,20-35H,6-9,18-19H2,1-5H3. The Morgan fingerprint density at radius 2 is 1.23 bits per heavy atom. The average molecular weight is 739 g/mol. The van der Waals surface area contributed by atoms with Crippen LogP contribution in [0.15, 0.2) is 146 Å². The summed E-state index contributed by atoms with van der Waals surface area (Å²) < 4.78 is 0. The molecule has 0 radical (unpaired) electrons. The largest absolute Gasteiger partial charge is 0.376 e. The summed E-state index contributed by atoms with van der Waals surface area (Å²) in [6.45, 7) is 11.7. The third-order valence-corrected chi connectivity index (χ3v) is 13.0. The van der Waals surface area contributed by atoms with Crippen molar-refractivity contribution in [2.24, 2.45) is 0 Å². The molecule has 0 unspecified atom stereocenters. The number of unbranched alkanes of at least 4 members (excludes halogenated alkanes) is 2. The first kappa shape index (κ1) is 35.6. The van der Waals surface area contributed by atoms with Crippen LogP contribution in [0.4, 0.5) is 28.4 Å².